The third kappa shape index (κ3) is 5.44. The third-order valence-corrected chi connectivity index (χ3v) is 10.0. The Bertz CT molecular complexity index is 1290. The van der Waals surface area contributed by atoms with Crippen LogP contribution in [0.3, 0.4) is 0 Å². The van der Waals surface area contributed by atoms with E-state index in [0.29, 0.717) is 61.3 Å². The highest BCUT2D eigenvalue weighted by molar-refractivity contribution is 7.91. The molecule has 1 aliphatic heterocycles. The van der Waals surface area contributed by atoms with Crippen molar-refractivity contribution in [2.24, 2.45) is 10.9 Å². The first kappa shape index (κ1) is 25.1. The molecule has 1 aromatic carbocycles. The number of amides is 1. The van der Waals surface area contributed by atoms with Crippen molar-refractivity contribution in [1.82, 2.24) is 8.87 Å². The Morgan fingerprint density at radius 3 is 2.65 bits per heavy atom. The summed E-state index contributed by atoms with van der Waals surface area (Å²) in [6.45, 7) is 6.85. The maximum Gasteiger partial charge on any atom is 0.252 e. The number of hydrogen-bond donors (Lipinski definition) is 0. The number of ether oxygens (including phenoxy) is 2. The molecule has 0 radical (unpaired) electrons. The zero-order chi connectivity index (χ0) is 24.1. The average molecular weight is 524 g/mol. The second-order valence-electron chi connectivity index (χ2n) is 7.86. The minimum absolute atomic E-state index is 0.199. The van der Waals surface area contributed by atoms with Gasteiger partial charge < -0.3 is 14.0 Å². The minimum atomic E-state index is -3.49. The number of piperidine rings is 1. The molecule has 2 aromatic heterocycles. The summed E-state index contributed by atoms with van der Waals surface area (Å²) < 4.78 is 41.5. The number of aromatic nitrogens is 1. The van der Waals surface area contributed by atoms with E-state index in [2.05, 4.69) is 4.99 Å². The summed E-state index contributed by atoms with van der Waals surface area (Å²) >= 11 is 2.66. The van der Waals surface area contributed by atoms with Crippen LogP contribution in [0.5, 0.6) is 5.75 Å². The topological polar surface area (TPSA) is 90.2 Å². The fourth-order valence-electron chi connectivity index (χ4n) is 3.98. The van der Waals surface area contributed by atoms with Crippen LogP contribution in [0, 0.1) is 5.92 Å². The number of thiophene rings is 1. The Morgan fingerprint density at radius 1 is 1.18 bits per heavy atom. The molecular formula is C23H29N3O5S3. The molecule has 0 spiro atoms. The molecule has 8 nitrogen and oxygen atoms in total. The summed E-state index contributed by atoms with van der Waals surface area (Å²) in [5.41, 5.74) is 0.983. The van der Waals surface area contributed by atoms with Gasteiger partial charge in [-0.05, 0) is 56.3 Å². The van der Waals surface area contributed by atoms with E-state index >= 15 is 0 Å². The van der Waals surface area contributed by atoms with E-state index in [1.807, 2.05) is 36.6 Å². The quantitative estimate of drug-likeness (QED) is 0.399. The Labute approximate surface area is 207 Å². The molecule has 1 saturated heterocycles. The standard InChI is InChI=1S/C23H29N3O5S3/c1-3-30-14-13-26-19-8-7-18(31-4-2)16-20(19)33-23(26)24-22(27)17-9-11-25(12-10-17)34(28,29)21-6-5-15-32-21/h5-8,15-17H,3-4,9-14H2,1-2H3. The summed E-state index contributed by atoms with van der Waals surface area (Å²) in [6.07, 6.45) is 0.927. The summed E-state index contributed by atoms with van der Waals surface area (Å²) in [6, 6.07) is 9.23. The van der Waals surface area contributed by atoms with Crippen LogP contribution in [-0.2, 0) is 26.1 Å². The fourth-order valence-corrected chi connectivity index (χ4v) is 7.68. The highest BCUT2D eigenvalue weighted by Gasteiger charge is 2.32. The maximum absolute atomic E-state index is 13.1. The molecule has 184 valence electrons. The van der Waals surface area contributed by atoms with Gasteiger partial charge in [0.1, 0.15) is 9.96 Å². The van der Waals surface area contributed by atoms with Gasteiger partial charge in [0.05, 0.1) is 23.4 Å². The summed E-state index contributed by atoms with van der Waals surface area (Å²) in [5.74, 6) is 0.291. The molecule has 3 heterocycles. The summed E-state index contributed by atoms with van der Waals surface area (Å²) in [7, 11) is -3.49. The monoisotopic (exact) mass is 523 g/mol. The molecule has 34 heavy (non-hydrogen) atoms. The van der Waals surface area contributed by atoms with Crippen LogP contribution in [0.1, 0.15) is 26.7 Å². The lowest BCUT2D eigenvalue weighted by Crippen LogP contribution is -2.40. The molecule has 0 atom stereocenters. The molecule has 0 bridgehead atoms. The first-order valence-corrected chi connectivity index (χ1v) is 14.5. The van der Waals surface area contributed by atoms with Gasteiger partial charge in [0.15, 0.2) is 4.80 Å². The van der Waals surface area contributed by atoms with Gasteiger partial charge in [0, 0.05) is 32.2 Å². The van der Waals surface area contributed by atoms with E-state index in [1.165, 1.54) is 27.0 Å². The molecule has 0 aliphatic carbocycles. The van der Waals surface area contributed by atoms with Crippen molar-refractivity contribution >= 4 is 48.8 Å². The first-order valence-electron chi connectivity index (χ1n) is 11.4. The molecule has 0 saturated carbocycles. The summed E-state index contributed by atoms with van der Waals surface area (Å²) in [5, 5.41) is 1.76. The number of sulfonamides is 1. The van der Waals surface area contributed by atoms with Crippen molar-refractivity contribution in [1.29, 1.82) is 0 Å². The van der Waals surface area contributed by atoms with Gasteiger partial charge in [-0.1, -0.05) is 17.4 Å². The highest BCUT2D eigenvalue weighted by Crippen LogP contribution is 2.27. The second-order valence-corrected chi connectivity index (χ2v) is 12.0. The van der Waals surface area contributed by atoms with Gasteiger partial charge in [-0.25, -0.2) is 8.42 Å². The van der Waals surface area contributed by atoms with E-state index in [4.69, 9.17) is 9.47 Å². The van der Waals surface area contributed by atoms with Crippen molar-refractivity contribution < 1.29 is 22.7 Å². The van der Waals surface area contributed by atoms with Gasteiger partial charge in [-0.3, -0.25) is 4.79 Å². The molecule has 0 unspecified atom stereocenters. The van der Waals surface area contributed by atoms with Crippen LogP contribution in [-0.4, -0.2) is 56.1 Å². The number of hydrogen-bond acceptors (Lipinski definition) is 7. The number of thiazole rings is 1. The molecule has 0 N–H and O–H groups in total. The van der Waals surface area contributed by atoms with Crippen molar-refractivity contribution in [3.8, 4) is 5.75 Å². The lowest BCUT2D eigenvalue weighted by molar-refractivity contribution is -0.122. The Hall–Kier alpha value is -2.05. The second kappa shape index (κ2) is 11.1. The molecule has 1 aliphatic rings. The number of rotatable bonds is 9. The Kier molecular flexibility index (Phi) is 8.20. The van der Waals surface area contributed by atoms with Gasteiger partial charge in [0.25, 0.3) is 15.9 Å². The lowest BCUT2D eigenvalue weighted by Gasteiger charge is -2.29. The molecular weight excluding hydrogens is 494 g/mol. The van der Waals surface area contributed by atoms with Crippen LogP contribution >= 0.6 is 22.7 Å². The van der Waals surface area contributed by atoms with Gasteiger partial charge in [-0.2, -0.15) is 9.30 Å². The zero-order valence-electron chi connectivity index (χ0n) is 19.3. The predicted molar refractivity (Wildman–Crippen MR) is 134 cm³/mol. The van der Waals surface area contributed by atoms with Crippen molar-refractivity contribution in [2.75, 3.05) is 32.9 Å². The van der Waals surface area contributed by atoms with Crippen LogP contribution in [0.2, 0.25) is 0 Å². The molecule has 1 amide bonds. The van der Waals surface area contributed by atoms with Crippen LogP contribution in [0.4, 0.5) is 0 Å². The van der Waals surface area contributed by atoms with E-state index in [9.17, 15) is 13.2 Å². The van der Waals surface area contributed by atoms with Crippen molar-refractivity contribution in [3.05, 3.63) is 40.5 Å². The summed E-state index contributed by atoms with van der Waals surface area (Å²) in [4.78, 5) is 18.2. The van der Waals surface area contributed by atoms with Gasteiger partial charge in [0.2, 0.25) is 0 Å². The van der Waals surface area contributed by atoms with Crippen LogP contribution in [0.25, 0.3) is 10.2 Å². The largest absolute Gasteiger partial charge is 0.494 e. The van der Waals surface area contributed by atoms with E-state index in [-0.39, 0.29) is 11.8 Å². The van der Waals surface area contributed by atoms with Crippen molar-refractivity contribution in [3.63, 3.8) is 0 Å². The number of carbonyl (C=O) groups is 1. The number of benzene rings is 1. The smallest absolute Gasteiger partial charge is 0.252 e. The van der Waals surface area contributed by atoms with E-state index in [0.717, 1.165) is 16.0 Å². The van der Waals surface area contributed by atoms with Crippen LogP contribution in [0.15, 0.2) is 44.9 Å². The van der Waals surface area contributed by atoms with E-state index in [1.54, 1.807) is 17.5 Å². The normalized spacial score (nSPS) is 16.4. The lowest BCUT2D eigenvalue weighted by atomic mass is 9.98. The van der Waals surface area contributed by atoms with Crippen LogP contribution < -0.4 is 9.54 Å². The number of carbonyl (C=O) groups excluding carboxylic acids is 1. The molecule has 11 heteroatoms. The predicted octanol–water partition coefficient (Wildman–Crippen LogP) is 3.73. The van der Waals surface area contributed by atoms with E-state index < -0.39 is 10.0 Å². The SMILES string of the molecule is CCOCCn1c(=NC(=O)C2CCN(S(=O)(=O)c3cccs3)CC2)sc2cc(OCC)ccc21. The molecule has 4 rings (SSSR count). The Morgan fingerprint density at radius 2 is 1.97 bits per heavy atom. The van der Waals surface area contributed by atoms with Gasteiger partial charge in [-0.15, -0.1) is 11.3 Å². The van der Waals surface area contributed by atoms with Gasteiger partial charge >= 0.3 is 0 Å². The third-order valence-electron chi connectivity index (χ3n) is 5.73. The zero-order valence-corrected chi connectivity index (χ0v) is 21.8. The minimum Gasteiger partial charge on any atom is -0.494 e. The Balaban J connectivity index is 1.54. The highest BCUT2D eigenvalue weighted by atomic mass is 32.2. The maximum atomic E-state index is 13.1. The first-order chi connectivity index (χ1) is 16.4. The fraction of sp³-hybridized carbons (Fsp3) is 0.478. The molecule has 3 aromatic rings. The number of nitrogens with zero attached hydrogens (tertiary/aromatic N) is 3. The molecule has 1 fully saturated rings. The van der Waals surface area contributed by atoms with Crippen molar-refractivity contribution in [2.45, 2.75) is 37.4 Å². The number of fused-ring (bicyclic) bond motifs is 1. The average Bonchev–Trinajstić information content (AvgIpc) is 3.49.